The van der Waals surface area contributed by atoms with Gasteiger partial charge in [0.25, 0.3) is 0 Å². The molecule has 6 bridgehead atoms. The number of rotatable bonds is 3. The van der Waals surface area contributed by atoms with Crippen molar-refractivity contribution in [3.8, 4) is 0 Å². The Balaban J connectivity index is 1.26. The molecule has 5 saturated carbocycles. The Labute approximate surface area is 151 Å². The Morgan fingerprint density at radius 1 is 1.08 bits per heavy atom. The van der Waals surface area contributed by atoms with Gasteiger partial charge >= 0.3 is 5.97 Å². The number of hydrogen-bond acceptors (Lipinski definition) is 2. The van der Waals surface area contributed by atoms with Crippen LogP contribution in [0.3, 0.4) is 0 Å². The lowest BCUT2D eigenvalue weighted by Crippen LogP contribution is -2.48. The van der Waals surface area contributed by atoms with Crippen LogP contribution in [0.2, 0.25) is 0 Å². The van der Waals surface area contributed by atoms with E-state index in [0.717, 1.165) is 54.8 Å². The van der Waals surface area contributed by atoms with E-state index in [2.05, 4.69) is 26.0 Å². The molecule has 0 radical (unpaired) electrons. The van der Waals surface area contributed by atoms with Gasteiger partial charge in [0, 0.05) is 0 Å². The van der Waals surface area contributed by atoms with Crippen LogP contribution in [-0.2, 0) is 9.53 Å². The van der Waals surface area contributed by atoms with Gasteiger partial charge in [-0.15, -0.1) is 0 Å². The molecule has 0 aromatic rings. The monoisotopic (exact) mass is 340 g/mol. The Bertz CT molecular complexity index is 652. The van der Waals surface area contributed by atoms with Crippen LogP contribution < -0.4 is 0 Å². The summed E-state index contributed by atoms with van der Waals surface area (Å²) in [4.78, 5) is 13.5. The van der Waals surface area contributed by atoms with Crippen molar-refractivity contribution in [2.24, 2.45) is 52.8 Å². The van der Waals surface area contributed by atoms with Gasteiger partial charge in [0.15, 0.2) is 0 Å². The van der Waals surface area contributed by atoms with Gasteiger partial charge in [0.05, 0.1) is 5.41 Å². The predicted molar refractivity (Wildman–Crippen MR) is 96.6 cm³/mol. The van der Waals surface area contributed by atoms with Gasteiger partial charge < -0.3 is 4.74 Å². The average molecular weight is 341 g/mol. The fourth-order valence-corrected chi connectivity index (χ4v) is 8.93. The van der Waals surface area contributed by atoms with E-state index in [0.29, 0.717) is 11.8 Å². The summed E-state index contributed by atoms with van der Waals surface area (Å²) in [5.74, 6) is 6.29. The number of hydrogen-bond donors (Lipinski definition) is 0. The first-order chi connectivity index (χ1) is 12.0. The first-order valence-corrected chi connectivity index (χ1v) is 11.0. The van der Waals surface area contributed by atoms with Gasteiger partial charge in [-0.1, -0.05) is 19.1 Å². The summed E-state index contributed by atoms with van der Waals surface area (Å²) in [5.41, 5.74) is -0.313. The zero-order chi connectivity index (χ0) is 17.0. The lowest BCUT2D eigenvalue weighted by Gasteiger charge is -2.45. The highest BCUT2D eigenvalue weighted by molar-refractivity contribution is 5.78. The summed E-state index contributed by atoms with van der Waals surface area (Å²) < 4.78 is 6.49. The Morgan fingerprint density at radius 3 is 2.56 bits per heavy atom. The molecule has 5 fully saturated rings. The van der Waals surface area contributed by atoms with Crippen LogP contribution in [0.25, 0.3) is 0 Å². The third-order valence-corrected chi connectivity index (χ3v) is 9.93. The molecule has 136 valence electrons. The summed E-state index contributed by atoms with van der Waals surface area (Å²) in [6, 6.07) is 0. The van der Waals surface area contributed by atoms with Gasteiger partial charge in [0.2, 0.25) is 0 Å². The molecule has 10 atom stereocenters. The maximum atomic E-state index is 13.5. The topological polar surface area (TPSA) is 26.3 Å². The van der Waals surface area contributed by atoms with Crippen molar-refractivity contribution in [3.05, 3.63) is 12.2 Å². The molecular weight excluding hydrogens is 308 g/mol. The Hall–Kier alpha value is -0.790. The number of fused-ring (bicyclic) bond motifs is 11. The summed E-state index contributed by atoms with van der Waals surface area (Å²) in [5, 5.41) is 0. The van der Waals surface area contributed by atoms with Gasteiger partial charge in [0.1, 0.15) is 5.60 Å². The molecular formula is C23H32O2. The van der Waals surface area contributed by atoms with Crippen molar-refractivity contribution in [1.29, 1.82) is 0 Å². The van der Waals surface area contributed by atoms with Crippen LogP contribution in [-0.4, -0.2) is 11.6 Å². The molecule has 0 saturated heterocycles. The summed E-state index contributed by atoms with van der Waals surface area (Å²) in [7, 11) is 0. The smallest absolute Gasteiger partial charge is 0.312 e. The molecule has 2 heteroatoms. The highest BCUT2D eigenvalue weighted by atomic mass is 16.6. The molecule has 0 amide bonds. The van der Waals surface area contributed by atoms with E-state index in [1.807, 2.05) is 0 Å². The molecule has 10 unspecified atom stereocenters. The maximum absolute atomic E-state index is 13.5. The molecule has 0 aliphatic heterocycles. The van der Waals surface area contributed by atoms with Crippen molar-refractivity contribution in [2.45, 2.75) is 70.8 Å². The van der Waals surface area contributed by atoms with E-state index < -0.39 is 0 Å². The number of esters is 1. The van der Waals surface area contributed by atoms with Crippen LogP contribution >= 0.6 is 0 Å². The van der Waals surface area contributed by atoms with Gasteiger partial charge in [-0.3, -0.25) is 4.79 Å². The average Bonchev–Trinajstić information content (AvgIpc) is 3.38. The highest BCUT2D eigenvalue weighted by Crippen LogP contribution is 2.70. The van der Waals surface area contributed by atoms with Crippen LogP contribution in [0.4, 0.5) is 0 Å². The van der Waals surface area contributed by atoms with Crippen molar-refractivity contribution >= 4 is 5.97 Å². The maximum Gasteiger partial charge on any atom is 0.312 e. The lowest BCUT2D eigenvalue weighted by molar-refractivity contribution is -0.183. The first kappa shape index (κ1) is 15.3. The van der Waals surface area contributed by atoms with E-state index in [9.17, 15) is 4.79 Å². The van der Waals surface area contributed by atoms with Gasteiger partial charge in [-0.2, -0.15) is 0 Å². The molecule has 0 heterocycles. The normalized spacial score (nSPS) is 59.8. The standard InChI is InChI=1S/C23H32O2/c1-3-23(11-13-4-7-17(23)8-13)25-21(24)22(2)12-16-10-18(22)20-15-6-5-14(9-15)19(16)20/h5-6,13-20H,3-4,7-12H2,1-2H3. The SMILES string of the molecule is CCC1(OC(=O)C2(C)CC3CC2C2C4C=CC(C4)C32)CC2CCC1C2. The van der Waals surface area contributed by atoms with Crippen molar-refractivity contribution in [2.75, 3.05) is 0 Å². The molecule has 0 aromatic carbocycles. The van der Waals surface area contributed by atoms with Crippen molar-refractivity contribution in [3.63, 3.8) is 0 Å². The third-order valence-electron chi connectivity index (χ3n) is 9.93. The zero-order valence-corrected chi connectivity index (χ0v) is 15.7. The molecule has 0 N–H and O–H groups in total. The second-order valence-corrected chi connectivity index (χ2v) is 10.7. The van der Waals surface area contributed by atoms with E-state index >= 15 is 0 Å². The van der Waals surface area contributed by atoms with Crippen LogP contribution in [0, 0.1) is 52.8 Å². The fraction of sp³-hybridized carbons (Fsp3) is 0.870. The zero-order valence-electron chi connectivity index (χ0n) is 15.7. The van der Waals surface area contributed by atoms with Gasteiger partial charge in [-0.25, -0.2) is 0 Å². The molecule has 6 rings (SSSR count). The van der Waals surface area contributed by atoms with Crippen LogP contribution in [0.5, 0.6) is 0 Å². The van der Waals surface area contributed by atoms with Crippen molar-refractivity contribution < 1.29 is 9.53 Å². The van der Waals surface area contributed by atoms with E-state index in [4.69, 9.17) is 4.74 Å². The molecule has 6 aliphatic carbocycles. The largest absolute Gasteiger partial charge is 0.458 e. The molecule has 2 nitrogen and oxygen atoms in total. The first-order valence-electron chi connectivity index (χ1n) is 11.0. The Kier molecular flexibility index (Phi) is 2.89. The Morgan fingerprint density at radius 2 is 1.88 bits per heavy atom. The minimum atomic E-state index is -0.200. The number of allylic oxidation sites excluding steroid dienone is 2. The predicted octanol–water partition coefficient (Wildman–Crippen LogP) is 4.98. The van der Waals surface area contributed by atoms with E-state index in [1.165, 1.54) is 32.1 Å². The number of ether oxygens (including phenoxy) is 1. The second kappa shape index (κ2) is 4.73. The lowest BCUT2D eigenvalue weighted by atomic mass is 9.62. The molecule has 6 aliphatic rings. The van der Waals surface area contributed by atoms with Gasteiger partial charge in [-0.05, 0) is 106 Å². The fourth-order valence-electron chi connectivity index (χ4n) is 8.93. The van der Waals surface area contributed by atoms with Crippen molar-refractivity contribution in [1.82, 2.24) is 0 Å². The quantitative estimate of drug-likeness (QED) is 0.411. The summed E-state index contributed by atoms with van der Waals surface area (Å²) in [6.45, 7) is 4.51. The molecule has 25 heavy (non-hydrogen) atoms. The minimum Gasteiger partial charge on any atom is -0.458 e. The molecule has 0 aromatic heterocycles. The van der Waals surface area contributed by atoms with E-state index in [1.54, 1.807) is 0 Å². The van der Waals surface area contributed by atoms with E-state index in [-0.39, 0.29) is 17.0 Å². The van der Waals surface area contributed by atoms with Crippen LogP contribution in [0.1, 0.15) is 65.2 Å². The minimum absolute atomic E-state index is 0.112. The second-order valence-electron chi connectivity index (χ2n) is 10.7. The third kappa shape index (κ3) is 1.75. The molecule has 0 spiro atoms. The highest BCUT2D eigenvalue weighted by Gasteiger charge is 2.67. The number of carbonyl (C=O) groups is 1. The summed E-state index contributed by atoms with van der Waals surface area (Å²) in [6.07, 6.45) is 14.8. The summed E-state index contributed by atoms with van der Waals surface area (Å²) >= 11 is 0. The number of carbonyl (C=O) groups excluding carboxylic acids is 1. The van der Waals surface area contributed by atoms with Crippen LogP contribution in [0.15, 0.2) is 12.2 Å².